The van der Waals surface area contributed by atoms with Gasteiger partial charge in [0.05, 0.1) is 8.07 Å². The number of hydrogen-bond acceptors (Lipinski definition) is 0. The van der Waals surface area contributed by atoms with Gasteiger partial charge in [-0.2, -0.15) is 0 Å². The van der Waals surface area contributed by atoms with Crippen LogP contribution in [0.1, 0.15) is 59.3 Å². The van der Waals surface area contributed by atoms with E-state index >= 15 is 0 Å². The van der Waals surface area contributed by atoms with E-state index in [9.17, 15) is 0 Å². The van der Waals surface area contributed by atoms with E-state index in [-0.39, 0.29) is 0 Å². The smallest absolute Gasteiger partial charge is 0.0961 e. The van der Waals surface area contributed by atoms with Crippen molar-refractivity contribution in [3.05, 3.63) is 21.6 Å². The minimum absolute atomic E-state index is 0.390. The van der Waals surface area contributed by atoms with Crippen LogP contribution in [0.4, 0.5) is 0 Å². The molecular formula is C20H36BSi2. The molecule has 3 aliphatic heterocycles. The lowest BCUT2D eigenvalue weighted by Gasteiger charge is -2.51. The lowest BCUT2D eigenvalue weighted by molar-refractivity contribution is 0.444. The Bertz CT molecular complexity index is 511. The first-order valence-corrected chi connectivity index (χ1v) is 15.5. The topological polar surface area (TPSA) is 0 Å². The van der Waals surface area contributed by atoms with E-state index in [2.05, 4.69) is 52.7 Å². The van der Waals surface area contributed by atoms with Crippen molar-refractivity contribution < 1.29 is 0 Å². The first-order valence-electron chi connectivity index (χ1n) is 9.92. The molecule has 3 aliphatic rings. The Morgan fingerprint density at radius 3 is 1.87 bits per heavy atom. The molecule has 0 aromatic rings. The average molecular weight is 343 g/mol. The number of allylic oxidation sites excluding steroid dienone is 3. The van der Waals surface area contributed by atoms with Crippen molar-refractivity contribution in [2.75, 3.05) is 0 Å². The molecule has 127 valence electrons. The van der Waals surface area contributed by atoms with E-state index in [1.54, 1.807) is 0 Å². The highest BCUT2D eigenvalue weighted by Crippen LogP contribution is 2.55. The van der Waals surface area contributed by atoms with E-state index in [4.69, 9.17) is 0 Å². The summed E-state index contributed by atoms with van der Waals surface area (Å²) < 4.78 is 0. The maximum atomic E-state index is 2.79. The predicted molar refractivity (Wildman–Crippen MR) is 110 cm³/mol. The molecule has 2 saturated heterocycles. The Hall–Kier alpha value is -0.0213. The summed E-state index contributed by atoms with van der Waals surface area (Å²) in [6, 6.07) is 0. The molecule has 0 aliphatic carbocycles. The lowest BCUT2D eigenvalue weighted by atomic mass is 9.24. The summed E-state index contributed by atoms with van der Waals surface area (Å²) in [5.74, 6) is 2.02. The molecule has 0 atom stereocenters. The third-order valence-electron chi connectivity index (χ3n) is 6.31. The highest BCUT2D eigenvalue weighted by molar-refractivity contribution is 6.91. The molecule has 23 heavy (non-hydrogen) atoms. The number of rotatable bonds is 2. The zero-order valence-electron chi connectivity index (χ0n) is 16.6. The van der Waals surface area contributed by atoms with Crippen LogP contribution in [-0.2, 0) is 0 Å². The Morgan fingerprint density at radius 1 is 1.00 bits per heavy atom. The third-order valence-corrected chi connectivity index (χ3v) is 10.7. The van der Waals surface area contributed by atoms with Crippen LogP contribution in [0, 0.1) is 5.41 Å². The van der Waals surface area contributed by atoms with E-state index in [1.165, 1.54) is 38.5 Å². The van der Waals surface area contributed by atoms with Gasteiger partial charge in [0.2, 0.25) is 0 Å². The Balaban J connectivity index is 2.07. The van der Waals surface area contributed by atoms with E-state index < -0.39 is 16.9 Å². The van der Waals surface area contributed by atoms with Crippen molar-refractivity contribution in [3.63, 3.8) is 0 Å². The molecule has 2 fully saturated rings. The van der Waals surface area contributed by atoms with Gasteiger partial charge in [-0.25, -0.2) is 0 Å². The lowest BCUT2D eigenvalue weighted by Crippen LogP contribution is -2.49. The molecule has 1 radical (unpaired) electrons. The van der Waals surface area contributed by atoms with Gasteiger partial charge in [0, 0.05) is 0 Å². The molecule has 0 N–H and O–H groups in total. The van der Waals surface area contributed by atoms with Crippen molar-refractivity contribution in [1.29, 1.82) is 0 Å². The molecule has 3 rings (SSSR count). The quantitative estimate of drug-likeness (QED) is 0.503. The normalized spacial score (nSPS) is 31.6. The fourth-order valence-corrected chi connectivity index (χ4v) is 11.5. The molecule has 0 aromatic carbocycles. The fourth-order valence-electron chi connectivity index (χ4n) is 5.69. The summed E-state index contributed by atoms with van der Waals surface area (Å²) in [5.41, 5.74) is 5.09. The molecule has 0 spiro atoms. The summed E-state index contributed by atoms with van der Waals surface area (Å²) in [6.45, 7) is 18.5. The minimum Gasteiger partial charge on any atom is -0.0961 e. The van der Waals surface area contributed by atoms with Crippen LogP contribution in [0.25, 0.3) is 0 Å². The second kappa shape index (κ2) is 6.05. The van der Waals surface area contributed by atoms with Crippen molar-refractivity contribution in [1.82, 2.24) is 0 Å². The van der Waals surface area contributed by atoms with Crippen LogP contribution < -0.4 is 0 Å². The van der Waals surface area contributed by atoms with Crippen LogP contribution in [0.2, 0.25) is 37.8 Å². The van der Waals surface area contributed by atoms with E-state index in [1.807, 2.05) is 15.9 Å². The van der Waals surface area contributed by atoms with Crippen molar-refractivity contribution in [3.8, 4) is 0 Å². The zero-order chi connectivity index (χ0) is 17.0. The van der Waals surface area contributed by atoms with Gasteiger partial charge in [0.25, 0.3) is 0 Å². The SMILES string of the molecule is C[Si]1C(C(C)(C)C)=C(B2C3CCCC2CCC3)/C1=C/[Si](C)(C)C. The van der Waals surface area contributed by atoms with Gasteiger partial charge in [0.1, 0.15) is 8.80 Å². The van der Waals surface area contributed by atoms with Crippen molar-refractivity contribution >= 4 is 23.6 Å². The molecule has 0 aromatic heterocycles. The van der Waals surface area contributed by atoms with Crippen LogP contribution in [0.3, 0.4) is 0 Å². The Labute approximate surface area is 147 Å². The highest BCUT2D eigenvalue weighted by atomic mass is 28.3. The van der Waals surface area contributed by atoms with Gasteiger partial charge in [-0.3, -0.25) is 0 Å². The molecular weight excluding hydrogens is 307 g/mol. The highest BCUT2D eigenvalue weighted by Gasteiger charge is 2.50. The van der Waals surface area contributed by atoms with Gasteiger partial charge in [-0.05, 0) is 5.41 Å². The summed E-state index contributed by atoms with van der Waals surface area (Å²) in [5, 5.41) is 3.79. The fraction of sp³-hybridized carbons (Fsp3) is 0.800. The minimum atomic E-state index is -1.13. The number of hydrogen-bond donors (Lipinski definition) is 0. The van der Waals surface area contributed by atoms with Crippen LogP contribution in [0.5, 0.6) is 0 Å². The van der Waals surface area contributed by atoms with Gasteiger partial charge in [-0.15, -0.1) is 0 Å². The predicted octanol–water partition coefficient (Wildman–Crippen LogP) is 6.49. The maximum Gasteiger partial charge on any atom is 0.181 e. The Kier molecular flexibility index (Phi) is 4.68. The first kappa shape index (κ1) is 17.8. The average Bonchev–Trinajstić information content (AvgIpc) is 2.38. The molecule has 0 unspecified atom stereocenters. The second-order valence-corrected chi connectivity index (χ2v) is 17.8. The van der Waals surface area contributed by atoms with E-state index in [0.717, 1.165) is 18.3 Å². The standard InChI is InChI=1S/C20H36BSi2/c1-20(2,3)19-18(17(22(19)4)14-23(5,6)7)21-15-10-8-11-16(21)13-9-12-15/h14-16H,8-13H2,1-7H3/b17-14-. The molecule has 2 bridgehead atoms. The summed E-state index contributed by atoms with van der Waals surface area (Å²) in [4.78, 5) is 0. The van der Waals surface area contributed by atoms with Crippen LogP contribution >= 0.6 is 0 Å². The monoisotopic (exact) mass is 343 g/mol. The van der Waals surface area contributed by atoms with Gasteiger partial charge >= 0.3 is 0 Å². The van der Waals surface area contributed by atoms with Gasteiger partial charge in [0.15, 0.2) is 6.71 Å². The first-order chi connectivity index (χ1) is 10.6. The number of fused-ring (bicyclic) bond motifs is 2. The largest absolute Gasteiger partial charge is 0.181 e. The maximum absolute atomic E-state index is 2.79. The molecule has 0 nitrogen and oxygen atoms in total. The van der Waals surface area contributed by atoms with Crippen LogP contribution in [-0.4, -0.2) is 23.6 Å². The Morgan fingerprint density at radius 2 is 1.48 bits per heavy atom. The molecule has 3 heterocycles. The molecule has 0 amide bonds. The summed E-state index contributed by atoms with van der Waals surface area (Å²) in [7, 11) is -1.54. The third kappa shape index (κ3) is 3.38. The van der Waals surface area contributed by atoms with Crippen molar-refractivity contribution in [2.45, 2.75) is 97.1 Å². The van der Waals surface area contributed by atoms with Gasteiger partial charge < -0.3 is 0 Å². The summed E-state index contributed by atoms with van der Waals surface area (Å²) in [6.07, 6.45) is 9.03. The molecule has 3 heteroatoms. The van der Waals surface area contributed by atoms with Crippen molar-refractivity contribution in [2.24, 2.45) is 5.41 Å². The summed E-state index contributed by atoms with van der Waals surface area (Å²) >= 11 is 0. The second-order valence-electron chi connectivity index (χ2n) is 10.5. The van der Waals surface area contributed by atoms with Crippen LogP contribution in [0.15, 0.2) is 21.6 Å². The van der Waals surface area contributed by atoms with Gasteiger partial charge in [-0.1, -0.05) is 119 Å². The molecule has 0 saturated carbocycles. The zero-order valence-corrected chi connectivity index (χ0v) is 18.6. The van der Waals surface area contributed by atoms with E-state index in [0.29, 0.717) is 5.41 Å².